The number of ether oxygens (including phenoxy) is 1. The van der Waals surface area contributed by atoms with Crippen molar-refractivity contribution in [2.75, 3.05) is 7.11 Å². The summed E-state index contributed by atoms with van der Waals surface area (Å²) in [6.45, 7) is 0. The highest BCUT2D eigenvalue weighted by atomic mass is 16.5. The topological polar surface area (TPSA) is 72.5 Å². The zero-order chi connectivity index (χ0) is 19.2. The van der Waals surface area contributed by atoms with E-state index < -0.39 is 12.0 Å². The lowest BCUT2D eigenvalue weighted by atomic mass is 10.0. The number of rotatable bonds is 7. The first kappa shape index (κ1) is 18.8. The zero-order valence-electron chi connectivity index (χ0n) is 15.4. The van der Waals surface area contributed by atoms with Gasteiger partial charge in [-0.05, 0) is 42.0 Å². The van der Waals surface area contributed by atoms with E-state index in [1.807, 2.05) is 24.3 Å². The van der Waals surface area contributed by atoms with Crippen LogP contribution in [-0.4, -0.2) is 24.8 Å². The van der Waals surface area contributed by atoms with Crippen LogP contribution in [0.15, 0.2) is 48.5 Å². The summed E-state index contributed by atoms with van der Waals surface area (Å²) in [5, 5.41) is 2.67. The summed E-state index contributed by atoms with van der Waals surface area (Å²) in [5.41, 5.74) is 3.84. The smallest absolute Gasteiger partial charge is 0.333 e. The standard InChI is InChI=1S/C22H23NO4/c1-27-22(26)21(16-6-3-2-4-7-16)23-20(25)13-12-19(24)18-11-10-15-8-5-9-17(15)14-18/h2-4,6-7,10-11,14,21H,5,8-9,12-13H2,1H3,(H,23,25). The fourth-order valence-corrected chi connectivity index (χ4v) is 3.39. The Morgan fingerprint density at radius 3 is 2.48 bits per heavy atom. The van der Waals surface area contributed by atoms with E-state index in [-0.39, 0.29) is 24.5 Å². The number of fused-ring (bicyclic) bond motifs is 1. The average molecular weight is 365 g/mol. The van der Waals surface area contributed by atoms with Gasteiger partial charge in [-0.3, -0.25) is 9.59 Å². The monoisotopic (exact) mass is 365 g/mol. The molecular weight excluding hydrogens is 342 g/mol. The summed E-state index contributed by atoms with van der Waals surface area (Å²) in [7, 11) is 1.28. The number of hydrogen-bond donors (Lipinski definition) is 1. The molecule has 1 amide bonds. The van der Waals surface area contributed by atoms with Crippen LogP contribution in [0.1, 0.15) is 52.4 Å². The average Bonchev–Trinajstić information content (AvgIpc) is 3.18. The van der Waals surface area contributed by atoms with Gasteiger partial charge in [-0.15, -0.1) is 0 Å². The number of carbonyl (C=O) groups excluding carboxylic acids is 3. The second-order valence-electron chi connectivity index (χ2n) is 6.69. The normalized spacial score (nSPS) is 13.5. The van der Waals surface area contributed by atoms with Gasteiger partial charge in [-0.25, -0.2) is 4.79 Å². The van der Waals surface area contributed by atoms with Gasteiger partial charge in [-0.1, -0.05) is 42.5 Å². The predicted molar refractivity (Wildman–Crippen MR) is 101 cm³/mol. The molecule has 0 heterocycles. The molecule has 5 heteroatoms. The van der Waals surface area contributed by atoms with Gasteiger partial charge in [-0.2, -0.15) is 0 Å². The molecule has 27 heavy (non-hydrogen) atoms. The Balaban J connectivity index is 1.59. The summed E-state index contributed by atoms with van der Waals surface area (Å²) in [4.78, 5) is 36.7. The quantitative estimate of drug-likeness (QED) is 0.604. The molecule has 0 saturated carbocycles. The minimum absolute atomic E-state index is 0.0241. The second-order valence-corrected chi connectivity index (χ2v) is 6.69. The Kier molecular flexibility index (Phi) is 6.01. The molecule has 140 valence electrons. The van der Waals surface area contributed by atoms with E-state index in [1.165, 1.54) is 18.2 Å². The molecule has 0 aromatic heterocycles. The number of amides is 1. The molecule has 2 aromatic carbocycles. The molecule has 0 aliphatic heterocycles. The van der Waals surface area contributed by atoms with E-state index in [9.17, 15) is 14.4 Å². The maximum absolute atomic E-state index is 12.4. The van der Waals surface area contributed by atoms with Crippen LogP contribution in [0, 0.1) is 0 Å². The number of methoxy groups -OCH3 is 1. The summed E-state index contributed by atoms with van der Waals surface area (Å²) < 4.78 is 4.78. The minimum atomic E-state index is -0.876. The fraction of sp³-hybridized carbons (Fsp3) is 0.318. The highest BCUT2D eigenvalue weighted by Crippen LogP contribution is 2.23. The van der Waals surface area contributed by atoms with Gasteiger partial charge in [0.05, 0.1) is 7.11 Å². The van der Waals surface area contributed by atoms with Gasteiger partial charge in [0.25, 0.3) is 0 Å². The van der Waals surface area contributed by atoms with Crippen molar-refractivity contribution >= 4 is 17.7 Å². The molecule has 1 atom stereocenters. The van der Waals surface area contributed by atoms with Crippen LogP contribution < -0.4 is 5.32 Å². The van der Waals surface area contributed by atoms with Crippen molar-refractivity contribution < 1.29 is 19.1 Å². The molecule has 0 bridgehead atoms. The fourth-order valence-electron chi connectivity index (χ4n) is 3.39. The third kappa shape index (κ3) is 4.61. The van der Waals surface area contributed by atoms with Gasteiger partial charge in [0.15, 0.2) is 11.8 Å². The van der Waals surface area contributed by atoms with Gasteiger partial charge in [0, 0.05) is 18.4 Å². The highest BCUT2D eigenvalue weighted by molar-refractivity contribution is 5.98. The van der Waals surface area contributed by atoms with Crippen molar-refractivity contribution in [2.45, 2.75) is 38.1 Å². The zero-order valence-corrected chi connectivity index (χ0v) is 15.4. The van der Waals surface area contributed by atoms with Crippen molar-refractivity contribution in [3.05, 3.63) is 70.8 Å². The van der Waals surface area contributed by atoms with Crippen molar-refractivity contribution in [2.24, 2.45) is 0 Å². The lowest BCUT2D eigenvalue weighted by Gasteiger charge is -2.16. The van der Waals surface area contributed by atoms with Crippen molar-refractivity contribution in [1.29, 1.82) is 0 Å². The predicted octanol–water partition coefficient (Wildman–Crippen LogP) is 3.17. The Hall–Kier alpha value is -2.95. The van der Waals surface area contributed by atoms with Crippen molar-refractivity contribution in [1.82, 2.24) is 5.32 Å². The minimum Gasteiger partial charge on any atom is -0.467 e. The molecule has 1 aliphatic rings. The molecule has 0 fully saturated rings. The van der Waals surface area contributed by atoms with Crippen LogP contribution in [0.4, 0.5) is 0 Å². The molecule has 0 spiro atoms. The largest absolute Gasteiger partial charge is 0.467 e. The third-order valence-electron chi connectivity index (χ3n) is 4.87. The molecule has 1 N–H and O–H groups in total. The Morgan fingerprint density at radius 2 is 1.74 bits per heavy atom. The molecule has 0 saturated heterocycles. The van der Waals surface area contributed by atoms with Crippen LogP contribution in [0.3, 0.4) is 0 Å². The van der Waals surface area contributed by atoms with E-state index in [4.69, 9.17) is 4.74 Å². The summed E-state index contributed by atoms with van der Waals surface area (Å²) in [5.74, 6) is -0.961. The van der Waals surface area contributed by atoms with Gasteiger partial charge in [0.1, 0.15) is 0 Å². The second kappa shape index (κ2) is 8.62. The highest BCUT2D eigenvalue weighted by Gasteiger charge is 2.23. The SMILES string of the molecule is COC(=O)C(NC(=O)CCC(=O)c1ccc2c(c1)CCC2)c1ccccc1. The lowest BCUT2D eigenvalue weighted by Crippen LogP contribution is -2.34. The number of benzene rings is 2. The van der Waals surface area contributed by atoms with E-state index in [1.54, 1.807) is 24.3 Å². The maximum atomic E-state index is 12.4. The number of hydrogen-bond acceptors (Lipinski definition) is 4. The Labute approximate surface area is 158 Å². The number of nitrogens with one attached hydrogen (secondary N) is 1. The number of Topliss-reactive ketones (excluding diaryl/α,β-unsaturated/α-hetero) is 1. The van der Waals surface area contributed by atoms with Gasteiger partial charge >= 0.3 is 5.97 Å². The molecule has 0 radical (unpaired) electrons. The van der Waals surface area contributed by atoms with Crippen LogP contribution in [-0.2, 0) is 27.2 Å². The molecule has 5 nitrogen and oxygen atoms in total. The van der Waals surface area contributed by atoms with E-state index in [0.29, 0.717) is 11.1 Å². The molecular formula is C22H23NO4. The number of esters is 1. The third-order valence-corrected chi connectivity index (χ3v) is 4.87. The Bertz CT molecular complexity index is 845. The Morgan fingerprint density at radius 1 is 1.00 bits per heavy atom. The van der Waals surface area contributed by atoms with Gasteiger partial charge in [0.2, 0.25) is 5.91 Å². The maximum Gasteiger partial charge on any atom is 0.333 e. The first-order chi connectivity index (χ1) is 13.1. The van der Waals surface area contributed by atoms with Crippen LogP contribution in [0.25, 0.3) is 0 Å². The van der Waals surface area contributed by atoms with E-state index in [0.717, 1.165) is 19.3 Å². The van der Waals surface area contributed by atoms with Crippen LogP contribution in [0.2, 0.25) is 0 Å². The first-order valence-electron chi connectivity index (χ1n) is 9.15. The number of aryl methyl sites for hydroxylation is 2. The summed E-state index contributed by atoms with van der Waals surface area (Å²) in [6, 6.07) is 13.8. The van der Waals surface area contributed by atoms with Crippen molar-refractivity contribution in [3.8, 4) is 0 Å². The van der Waals surface area contributed by atoms with Crippen LogP contribution >= 0.6 is 0 Å². The van der Waals surface area contributed by atoms with E-state index in [2.05, 4.69) is 5.32 Å². The lowest BCUT2D eigenvalue weighted by molar-refractivity contribution is -0.145. The molecule has 2 aromatic rings. The van der Waals surface area contributed by atoms with Gasteiger partial charge < -0.3 is 10.1 Å². The molecule has 1 unspecified atom stereocenters. The summed E-state index contributed by atoms with van der Waals surface area (Å²) in [6.07, 6.45) is 3.34. The first-order valence-corrected chi connectivity index (χ1v) is 9.15. The number of ketones is 1. The summed E-state index contributed by atoms with van der Waals surface area (Å²) >= 11 is 0. The van der Waals surface area contributed by atoms with Crippen molar-refractivity contribution in [3.63, 3.8) is 0 Å². The number of carbonyl (C=O) groups is 3. The van der Waals surface area contributed by atoms with Crippen LogP contribution in [0.5, 0.6) is 0 Å². The van der Waals surface area contributed by atoms with E-state index >= 15 is 0 Å². The molecule has 1 aliphatic carbocycles. The molecule has 3 rings (SSSR count).